The first-order valence-corrected chi connectivity index (χ1v) is 4.63. The monoisotopic (exact) mass is 229 g/mol. The molecule has 0 spiro atoms. The SMILES string of the molecule is Cc1c(Br)cnc(C(C)O)c1C. The number of pyridine rings is 1. The fraction of sp³-hybridized carbons (Fsp3) is 0.444. The Morgan fingerprint density at radius 3 is 2.50 bits per heavy atom. The minimum atomic E-state index is -0.489. The summed E-state index contributed by atoms with van der Waals surface area (Å²) < 4.78 is 0.990. The zero-order valence-corrected chi connectivity index (χ0v) is 9.01. The van der Waals surface area contributed by atoms with Crippen LogP contribution in [-0.4, -0.2) is 10.1 Å². The van der Waals surface area contributed by atoms with Gasteiger partial charge in [0.25, 0.3) is 0 Å². The van der Waals surface area contributed by atoms with Crippen LogP contribution in [0.4, 0.5) is 0 Å². The van der Waals surface area contributed by atoms with Crippen LogP contribution in [0.5, 0.6) is 0 Å². The highest BCUT2D eigenvalue weighted by molar-refractivity contribution is 9.10. The van der Waals surface area contributed by atoms with E-state index in [0.717, 1.165) is 21.3 Å². The van der Waals surface area contributed by atoms with Gasteiger partial charge in [0.1, 0.15) is 0 Å². The van der Waals surface area contributed by atoms with Gasteiger partial charge < -0.3 is 5.11 Å². The van der Waals surface area contributed by atoms with Crippen molar-refractivity contribution in [2.75, 3.05) is 0 Å². The van der Waals surface area contributed by atoms with Crippen molar-refractivity contribution in [3.63, 3.8) is 0 Å². The van der Waals surface area contributed by atoms with E-state index < -0.39 is 6.10 Å². The molecule has 0 aliphatic rings. The molecule has 1 N–H and O–H groups in total. The molecule has 3 heteroatoms. The molecule has 0 saturated heterocycles. The van der Waals surface area contributed by atoms with Gasteiger partial charge in [0.05, 0.1) is 11.8 Å². The third-order valence-electron chi connectivity index (χ3n) is 2.02. The number of aromatic nitrogens is 1. The number of rotatable bonds is 1. The first-order chi connectivity index (χ1) is 5.54. The van der Waals surface area contributed by atoms with Crippen LogP contribution in [-0.2, 0) is 0 Å². The molecule has 0 saturated carbocycles. The fourth-order valence-corrected chi connectivity index (χ4v) is 1.51. The van der Waals surface area contributed by atoms with Gasteiger partial charge in [0, 0.05) is 10.7 Å². The Kier molecular flexibility index (Phi) is 2.85. The van der Waals surface area contributed by atoms with E-state index in [1.807, 2.05) is 13.8 Å². The Morgan fingerprint density at radius 1 is 1.42 bits per heavy atom. The first-order valence-electron chi connectivity index (χ1n) is 3.83. The van der Waals surface area contributed by atoms with Gasteiger partial charge in [0.2, 0.25) is 0 Å². The van der Waals surface area contributed by atoms with Gasteiger partial charge in [-0.3, -0.25) is 4.98 Å². The number of aliphatic hydroxyl groups is 1. The van der Waals surface area contributed by atoms with Crippen molar-refractivity contribution in [2.24, 2.45) is 0 Å². The lowest BCUT2D eigenvalue weighted by Crippen LogP contribution is -2.01. The van der Waals surface area contributed by atoms with Crippen LogP contribution in [0.1, 0.15) is 29.8 Å². The molecule has 0 amide bonds. The predicted molar refractivity (Wildman–Crippen MR) is 52.0 cm³/mol. The van der Waals surface area contributed by atoms with E-state index in [-0.39, 0.29) is 0 Å². The van der Waals surface area contributed by atoms with Gasteiger partial charge in [-0.1, -0.05) is 0 Å². The average Bonchev–Trinajstić information content (AvgIpc) is 2.00. The van der Waals surface area contributed by atoms with Gasteiger partial charge in [-0.2, -0.15) is 0 Å². The molecule has 1 rings (SSSR count). The quantitative estimate of drug-likeness (QED) is 0.804. The maximum atomic E-state index is 9.34. The number of hydrogen-bond acceptors (Lipinski definition) is 2. The second kappa shape index (κ2) is 3.54. The van der Waals surface area contributed by atoms with Gasteiger partial charge >= 0.3 is 0 Å². The average molecular weight is 230 g/mol. The third kappa shape index (κ3) is 1.67. The molecule has 0 aromatic carbocycles. The molecule has 0 bridgehead atoms. The zero-order valence-electron chi connectivity index (χ0n) is 7.43. The summed E-state index contributed by atoms with van der Waals surface area (Å²) in [5.74, 6) is 0. The van der Waals surface area contributed by atoms with Crippen molar-refractivity contribution in [1.29, 1.82) is 0 Å². The second-order valence-electron chi connectivity index (χ2n) is 2.92. The lowest BCUT2D eigenvalue weighted by atomic mass is 10.1. The highest BCUT2D eigenvalue weighted by atomic mass is 79.9. The van der Waals surface area contributed by atoms with E-state index in [1.165, 1.54) is 0 Å². The Hall–Kier alpha value is -0.410. The van der Waals surface area contributed by atoms with E-state index in [0.29, 0.717) is 0 Å². The molecular formula is C9H12BrNO. The van der Waals surface area contributed by atoms with E-state index >= 15 is 0 Å². The van der Waals surface area contributed by atoms with Gasteiger partial charge in [0.15, 0.2) is 0 Å². The number of hydrogen-bond donors (Lipinski definition) is 1. The van der Waals surface area contributed by atoms with Crippen molar-refractivity contribution >= 4 is 15.9 Å². The van der Waals surface area contributed by atoms with Crippen molar-refractivity contribution in [2.45, 2.75) is 26.9 Å². The molecular weight excluding hydrogens is 218 g/mol. The molecule has 1 aromatic rings. The molecule has 1 unspecified atom stereocenters. The molecule has 12 heavy (non-hydrogen) atoms. The number of aliphatic hydroxyl groups excluding tert-OH is 1. The smallest absolute Gasteiger partial charge is 0.0934 e. The molecule has 1 atom stereocenters. The normalized spacial score (nSPS) is 13.1. The third-order valence-corrected chi connectivity index (χ3v) is 2.82. The highest BCUT2D eigenvalue weighted by Crippen LogP contribution is 2.23. The molecule has 1 heterocycles. The minimum absolute atomic E-state index is 0.489. The number of halogens is 1. The van der Waals surface area contributed by atoms with Crippen LogP contribution in [0.2, 0.25) is 0 Å². The van der Waals surface area contributed by atoms with Crippen molar-refractivity contribution < 1.29 is 5.11 Å². The van der Waals surface area contributed by atoms with Crippen LogP contribution in [0.15, 0.2) is 10.7 Å². The molecule has 0 fully saturated rings. The van der Waals surface area contributed by atoms with Crippen LogP contribution in [0.25, 0.3) is 0 Å². The topological polar surface area (TPSA) is 33.1 Å². The predicted octanol–water partition coefficient (Wildman–Crippen LogP) is 2.51. The maximum absolute atomic E-state index is 9.34. The van der Waals surface area contributed by atoms with Gasteiger partial charge in [-0.15, -0.1) is 0 Å². The largest absolute Gasteiger partial charge is 0.387 e. The van der Waals surface area contributed by atoms with E-state index in [1.54, 1.807) is 13.1 Å². The van der Waals surface area contributed by atoms with E-state index in [4.69, 9.17) is 0 Å². The molecule has 0 aliphatic heterocycles. The van der Waals surface area contributed by atoms with E-state index in [2.05, 4.69) is 20.9 Å². The van der Waals surface area contributed by atoms with Crippen molar-refractivity contribution in [3.05, 3.63) is 27.5 Å². The highest BCUT2D eigenvalue weighted by Gasteiger charge is 2.09. The Balaban J connectivity index is 3.27. The number of nitrogens with zero attached hydrogens (tertiary/aromatic N) is 1. The lowest BCUT2D eigenvalue weighted by Gasteiger charge is -2.10. The lowest BCUT2D eigenvalue weighted by molar-refractivity contribution is 0.193. The molecule has 66 valence electrons. The standard InChI is InChI=1S/C9H12BrNO/c1-5-6(2)9(7(3)12)11-4-8(5)10/h4,7,12H,1-3H3. The summed E-state index contributed by atoms with van der Waals surface area (Å²) in [6.45, 7) is 5.70. The summed E-state index contributed by atoms with van der Waals surface area (Å²) in [4.78, 5) is 4.14. The summed E-state index contributed by atoms with van der Waals surface area (Å²) in [6, 6.07) is 0. The van der Waals surface area contributed by atoms with Crippen molar-refractivity contribution in [3.8, 4) is 0 Å². The van der Waals surface area contributed by atoms with Crippen molar-refractivity contribution in [1.82, 2.24) is 4.98 Å². The summed E-state index contributed by atoms with van der Waals surface area (Å²) >= 11 is 3.39. The fourth-order valence-electron chi connectivity index (χ4n) is 1.11. The Morgan fingerprint density at radius 2 is 2.00 bits per heavy atom. The summed E-state index contributed by atoms with van der Waals surface area (Å²) in [7, 11) is 0. The Bertz CT molecular complexity index is 297. The van der Waals surface area contributed by atoms with Gasteiger partial charge in [-0.05, 0) is 47.8 Å². The molecule has 0 radical (unpaired) electrons. The van der Waals surface area contributed by atoms with Crippen LogP contribution >= 0.6 is 15.9 Å². The van der Waals surface area contributed by atoms with Crippen LogP contribution < -0.4 is 0 Å². The Labute approximate surface area is 80.8 Å². The minimum Gasteiger partial charge on any atom is -0.387 e. The van der Waals surface area contributed by atoms with Crippen LogP contribution in [0.3, 0.4) is 0 Å². The zero-order chi connectivity index (χ0) is 9.30. The maximum Gasteiger partial charge on any atom is 0.0934 e. The summed E-state index contributed by atoms with van der Waals surface area (Å²) in [5, 5.41) is 9.34. The van der Waals surface area contributed by atoms with Crippen LogP contribution in [0, 0.1) is 13.8 Å². The van der Waals surface area contributed by atoms with Gasteiger partial charge in [-0.25, -0.2) is 0 Å². The van der Waals surface area contributed by atoms with E-state index in [9.17, 15) is 5.11 Å². The molecule has 1 aromatic heterocycles. The summed E-state index contributed by atoms with van der Waals surface area (Å²) in [6.07, 6.45) is 1.24. The summed E-state index contributed by atoms with van der Waals surface area (Å²) in [5.41, 5.74) is 2.95. The second-order valence-corrected chi connectivity index (χ2v) is 3.77. The molecule has 0 aliphatic carbocycles. The first kappa shape index (κ1) is 9.68. The molecule has 2 nitrogen and oxygen atoms in total.